The largest absolute Gasteiger partial charge is 0.353 e. The summed E-state index contributed by atoms with van der Waals surface area (Å²) in [6.07, 6.45) is 6.45. The van der Waals surface area contributed by atoms with Crippen LogP contribution in [0.15, 0.2) is 30.6 Å². The van der Waals surface area contributed by atoms with Gasteiger partial charge >= 0.3 is 0 Å². The highest BCUT2D eigenvalue weighted by molar-refractivity contribution is 5.79. The van der Waals surface area contributed by atoms with Gasteiger partial charge in [0, 0.05) is 6.04 Å². The van der Waals surface area contributed by atoms with E-state index >= 15 is 0 Å². The van der Waals surface area contributed by atoms with E-state index in [1.807, 2.05) is 24.3 Å². The molecule has 2 atom stereocenters. The maximum atomic E-state index is 12.3. The van der Waals surface area contributed by atoms with Gasteiger partial charge in [-0.2, -0.15) is 0 Å². The lowest BCUT2D eigenvalue weighted by Gasteiger charge is -2.31. The molecule has 7 nitrogen and oxygen atoms in total. The molecule has 1 saturated carbocycles. The fourth-order valence-electron chi connectivity index (χ4n) is 3.17. The molecule has 3 N–H and O–H groups in total. The number of benzene rings is 1. The second-order valence-electron chi connectivity index (χ2n) is 6.05. The van der Waals surface area contributed by atoms with Gasteiger partial charge in [-0.15, -0.1) is 5.10 Å². The Labute approximate surface area is 135 Å². The van der Waals surface area contributed by atoms with Crippen molar-refractivity contribution in [3.8, 4) is 5.69 Å². The summed E-state index contributed by atoms with van der Waals surface area (Å²) in [5.41, 5.74) is 7.66. The minimum Gasteiger partial charge on any atom is -0.353 e. The van der Waals surface area contributed by atoms with Crippen molar-refractivity contribution in [2.75, 3.05) is 6.54 Å². The SMILES string of the molecule is NCC1CCCCC1NC(=O)Cc1ccc(-n2cnnn2)cc1. The number of aromatic nitrogens is 4. The van der Waals surface area contributed by atoms with Gasteiger partial charge in [0.15, 0.2) is 0 Å². The third-order valence-corrected chi connectivity index (χ3v) is 4.47. The predicted molar refractivity (Wildman–Crippen MR) is 85.8 cm³/mol. The molecule has 1 aromatic heterocycles. The Balaban J connectivity index is 1.57. The topological polar surface area (TPSA) is 98.7 Å². The molecule has 2 unspecified atom stereocenters. The molecule has 7 heteroatoms. The molecule has 1 aromatic carbocycles. The van der Waals surface area contributed by atoms with Gasteiger partial charge in [-0.25, -0.2) is 4.68 Å². The highest BCUT2D eigenvalue weighted by Gasteiger charge is 2.25. The summed E-state index contributed by atoms with van der Waals surface area (Å²) >= 11 is 0. The summed E-state index contributed by atoms with van der Waals surface area (Å²) < 4.78 is 1.58. The van der Waals surface area contributed by atoms with Crippen LogP contribution in [0.4, 0.5) is 0 Å². The lowest BCUT2D eigenvalue weighted by atomic mass is 9.84. The minimum absolute atomic E-state index is 0.0607. The van der Waals surface area contributed by atoms with Crippen LogP contribution in [0.5, 0.6) is 0 Å². The number of rotatable bonds is 5. The summed E-state index contributed by atoms with van der Waals surface area (Å²) in [7, 11) is 0. The molecule has 0 bridgehead atoms. The van der Waals surface area contributed by atoms with Crippen LogP contribution in [0.1, 0.15) is 31.2 Å². The fourth-order valence-corrected chi connectivity index (χ4v) is 3.17. The van der Waals surface area contributed by atoms with Crippen LogP contribution in [0.25, 0.3) is 5.69 Å². The molecule has 0 radical (unpaired) electrons. The molecular weight excluding hydrogens is 292 g/mol. The van der Waals surface area contributed by atoms with Crippen LogP contribution in [0.2, 0.25) is 0 Å². The molecule has 1 amide bonds. The summed E-state index contributed by atoms with van der Waals surface area (Å²) in [4.78, 5) is 12.3. The van der Waals surface area contributed by atoms with Crippen LogP contribution < -0.4 is 11.1 Å². The van der Waals surface area contributed by atoms with E-state index in [1.165, 1.54) is 19.2 Å². The van der Waals surface area contributed by atoms with Crippen LogP contribution in [0, 0.1) is 5.92 Å². The Morgan fingerprint density at radius 2 is 2.04 bits per heavy atom. The van der Waals surface area contributed by atoms with Crippen molar-refractivity contribution in [3.05, 3.63) is 36.2 Å². The van der Waals surface area contributed by atoms with Gasteiger partial charge in [-0.3, -0.25) is 4.79 Å². The zero-order valence-electron chi connectivity index (χ0n) is 13.1. The summed E-state index contributed by atoms with van der Waals surface area (Å²) in [5, 5.41) is 14.2. The van der Waals surface area contributed by atoms with E-state index in [-0.39, 0.29) is 11.9 Å². The maximum Gasteiger partial charge on any atom is 0.224 e. The molecule has 122 valence electrons. The smallest absolute Gasteiger partial charge is 0.224 e. The van der Waals surface area contributed by atoms with Gasteiger partial charge in [0.05, 0.1) is 12.1 Å². The second-order valence-corrected chi connectivity index (χ2v) is 6.05. The summed E-state index contributed by atoms with van der Waals surface area (Å²) in [5.74, 6) is 0.473. The van der Waals surface area contributed by atoms with E-state index in [2.05, 4.69) is 20.8 Å². The van der Waals surface area contributed by atoms with Crippen molar-refractivity contribution in [1.82, 2.24) is 25.5 Å². The molecule has 0 saturated heterocycles. The molecule has 23 heavy (non-hydrogen) atoms. The third-order valence-electron chi connectivity index (χ3n) is 4.47. The molecule has 1 aliphatic carbocycles. The van der Waals surface area contributed by atoms with Crippen molar-refractivity contribution in [2.24, 2.45) is 11.7 Å². The van der Waals surface area contributed by atoms with E-state index in [0.29, 0.717) is 18.9 Å². The maximum absolute atomic E-state index is 12.3. The number of hydrogen-bond donors (Lipinski definition) is 2. The van der Waals surface area contributed by atoms with Crippen LogP contribution in [-0.4, -0.2) is 38.7 Å². The zero-order valence-corrected chi connectivity index (χ0v) is 13.1. The number of carbonyl (C=O) groups excluding carboxylic acids is 1. The molecule has 0 aliphatic heterocycles. The Morgan fingerprint density at radius 3 is 2.74 bits per heavy atom. The number of carbonyl (C=O) groups is 1. The molecule has 3 rings (SSSR count). The predicted octanol–water partition coefficient (Wildman–Crippen LogP) is 0.839. The molecule has 2 aromatic rings. The van der Waals surface area contributed by atoms with E-state index in [1.54, 1.807) is 4.68 Å². The zero-order chi connectivity index (χ0) is 16.1. The molecule has 1 fully saturated rings. The number of hydrogen-bond acceptors (Lipinski definition) is 5. The fraction of sp³-hybridized carbons (Fsp3) is 0.500. The summed E-state index contributed by atoms with van der Waals surface area (Å²) in [6, 6.07) is 7.89. The highest BCUT2D eigenvalue weighted by Crippen LogP contribution is 2.23. The van der Waals surface area contributed by atoms with Gasteiger partial charge in [0.2, 0.25) is 5.91 Å². The normalized spacial score (nSPS) is 21.1. The first-order valence-corrected chi connectivity index (χ1v) is 8.08. The van der Waals surface area contributed by atoms with Crippen molar-refractivity contribution >= 4 is 5.91 Å². The standard InChI is InChI=1S/C16H22N6O/c17-10-13-3-1-2-4-15(13)19-16(23)9-12-5-7-14(8-6-12)22-11-18-20-21-22/h5-8,11,13,15H,1-4,9-10,17H2,(H,19,23). The highest BCUT2D eigenvalue weighted by atomic mass is 16.1. The van der Waals surface area contributed by atoms with Crippen LogP contribution in [0.3, 0.4) is 0 Å². The van der Waals surface area contributed by atoms with E-state index in [4.69, 9.17) is 5.73 Å². The summed E-state index contributed by atoms with van der Waals surface area (Å²) in [6.45, 7) is 0.644. The lowest BCUT2D eigenvalue weighted by molar-refractivity contribution is -0.121. The van der Waals surface area contributed by atoms with Gasteiger partial charge < -0.3 is 11.1 Å². The minimum atomic E-state index is 0.0607. The van der Waals surface area contributed by atoms with E-state index < -0.39 is 0 Å². The Kier molecular flexibility index (Phi) is 4.97. The first-order chi connectivity index (χ1) is 11.3. The third kappa shape index (κ3) is 3.92. The Hall–Kier alpha value is -2.28. The number of nitrogens with one attached hydrogen (secondary N) is 1. The first-order valence-electron chi connectivity index (χ1n) is 8.08. The van der Waals surface area contributed by atoms with Crippen molar-refractivity contribution in [1.29, 1.82) is 0 Å². The van der Waals surface area contributed by atoms with Gasteiger partial charge in [0.25, 0.3) is 0 Å². The quantitative estimate of drug-likeness (QED) is 0.852. The number of nitrogens with zero attached hydrogens (tertiary/aromatic N) is 4. The van der Waals surface area contributed by atoms with Gasteiger partial charge in [0.1, 0.15) is 6.33 Å². The molecular formula is C16H22N6O. The van der Waals surface area contributed by atoms with Crippen LogP contribution >= 0.6 is 0 Å². The molecule has 1 aliphatic rings. The van der Waals surface area contributed by atoms with Gasteiger partial charge in [-0.05, 0) is 53.4 Å². The molecule has 1 heterocycles. The number of tetrazole rings is 1. The Morgan fingerprint density at radius 1 is 1.26 bits per heavy atom. The van der Waals surface area contributed by atoms with Crippen molar-refractivity contribution in [2.45, 2.75) is 38.1 Å². The van der Waals surface area contributed by atoms with E-state index in [9.17, 15) is 4.79 Å². The van der Waals surface area contributed by atoms with Gasteiger partial charge in [-0.1, -0.05) is 25.0 Å². The van der Waals surface area contributed by atoms with E-state index in [0.717, 1.165) is 24.1 Å². The van der Waals surface area contributed by atoms with Crippen LogP contribution in [-0.2, 0) is 11.2 Å². The number of amides is 1. The Bertz CT molecular complexity index is 625. The van der Waals surface area contributed by atoms with Crippen molar-refractivity contribution in [3.63, 3.8) is 0 Å². The lowest BCUT2D eigenvalue weighted by Crippen LogP contribution is -2.45. The monoisotopic (exact) mass is 314 g/mol. The second kappa shape index (κ2) is 7.32. The first kappa shape index (κ1) is 15.6. The number of nitrogens with two attached hydrogens (primary N) is 1. The average Bonchev–Trinajstić information content (AvgIpc) is 3.10. The van der Waals surface area contributed by atoms with Crippen molar-refractivity contribution < 1.29 is 4.79 Å². The average molecular weight is 314 g/mol. The molecule has 0 spiro atoms.